The third-order valence-corrected chi connectivity index (χ3v) is 4.84. The minimum Gasteiger partial charge on any atom is -0.325 e. The number of nitrogens with one attached hydrogen (secondary N) is 1. The second-order valence-electron chi connectivity index (χ2n) is 5.74. The lowest BCUT2D eigenvalue weighted by Gasteiger charge is -2.13. The maximum Gasteiger partial charge on any atom is 0.237 e. The Bertz CT molecular complexity index is 666. The van der Waals surface area contributed by atoms with Crippen molar-refractivity contribution in [3.05, 3.63) is 64.7 Å². The molecule has 0 spiro atoms. The summed E-state index contributed by atoms with van der Waals surface area (Å²) in [6.07, 6.45) is 0. The molecule has 0 fully saturated rings. The number of benzene rings is 2. The van der Waals surface area contributed by atoms with Crippen LogP contribution in [0.4, 0.5) is 5.69 Å². The molecular weight excluding hydrogens is 290 g/mol. The van der Waals surface area contributed by atoms with Crippen LogP contribution < -0.4 is 5.32 Å². The van der Waals surface area contributed by atoms with Crippen LogP contribution in [0, 0.1) is 20.8 Å². The molecule has 2 aromatic rings. The SMILES string of the molecule is Cc1cccc(NC(=O)C(C)SCc2cc(C)ccc2C)c1. The van der Waals surface area contributed by atoms with Crippen molar-refractivity contribution in [3.8, 4) is 0 Å². The van der Waals surface area contributed by atoms with E-state index < -0.39 is 0 Å². The molecule has 22 heavy (non-hydrogen) atoms. The molecule has 1 N–H and O–H groups in total. The van der Waals surface area contributed by atoms with Crippen LogP contribution in [-0.4, -0.2) is 11.2 Å². The quantitative estimate of drug-likeness (QED) is 0.853. The standard InChI is InChI=1S/C19H23NOS/c1-13-6-5-7-18(11-13)20-19(21)16(4)22-12-17-10-14(2)8-9-15(17)3/h5-11,16H,12H2,1-4H3,(H,20,21). The van der Waals surface area contributed by atoms with Crippen LogP contribution >= 0.6 is 11.8 Å². The van der Waals surface area contributed by atoms with Crippen molar-refractivity contribution in [2.24, 2.45) is 0 Å². The topological polar surface area (TPSA) is 29.1 Å². The predicted molar refractivity (Wildman–Crippen MR) is 96.5 cm³/mol. The number of amides is 1. The van der Waals surface area contributed by atoms with Gasteiger partial charge in [-0.3, -0.25) is 4.79 Å². The summed E-state index contributed by atoms with van der Waals surface area (Å²) in [5.74, 6) is 0.913. The van der Waals surface area contributed by atoms with Gasteiger partial charge in [-0.05, 0) is 56.5 Å². The Labute approximate surface area is 137 Å². The van der Waals surface area contributed by atoms with Crippen LogP contribution in [0.2, 0.25) is 0 Å². The Morgan fingerprint density at radius 3 is 2.55 bits per heavy atom. The Hall–Kier alpha value is -1.74. The fourth-order valence-electron chi connectivity index (χ4n) is 2.21. The highest BCUT2D eigenvalue weighted by Crippen LogP contribution is 2.22. The molecule has 3 heteroatoms. The molecule has 1 atom stereocenters. The molecule has 0 saturated carbocycles. The molecule has 2 aromatic carbocycles. The molecule has 2 rings (SSSR count). The number of aryl methyl sites for hydroxylation is 3. The van der Waals surface area contributed by atoms with E-state index in [-0.39, 0.29) is 11.2 Å². The number of hydrogen-bond acceptors (Lipinski definition) is 2. The van der Waals surface area contributed by atoms with Gasteiger partial charge in [0.05, 0.1) is 5.25 Å². The molecule has 0 aliphatic heterocycles. The molecule has 0 aromatic heterocycles. The van der Waals surface area contributed by atoms with Gasteiger partial charge < -0.3 is 5.32 Å². The number of hydrogen-bond donors (Lipinski definition) is 1. The summed E-state index contributed by atoms with van der Waals surface area (Å²) in [4.78, 5) is 12.3. The summed E-state index contributed by atoms with van der Waals surface area (Å²) in [6.45, 7) is 8.20. The summed E-state index contributed by atoms with van der Waals surface area (Å²) in [7, 11) is 0. The molecule has 0 radical (unpaired) electrons. The van der Waals surface area contributed by atoms with Crippen LogP contribution in [0.25, 0.3) is 0 Å². The fraction of sp³-hybridized carbons (Fsp3) is 0.316. The minimum atomic E-state index is -0.0829. The number of carbonyl (C=O) groups is 1. The normalized spacial score (nSPS) is 12.0. The summed E-state index contributed by atoms with van der Waals surface area (Å²) < 4.78 is 0. The van der Waals surface area contributed by atoms with E-state index in [1.807, 2.05) is 38.1 Å². The van der Waals surface area contributed by atoms with Gasteiger partial charge in [0.25, 0.3) is 0 Å². The molecule has 1 amide bonds. The lowest BCUT2D eigenvalue weighted by molar-refractivity contribution is -0.115. The van der Waals surface area contributed by atoms with E-state index in [1.54, 1.807) is 11.8 Å². The van der Waals surface area contributed by atoms with Crippen molar-refractivity contribution < 1.29 is 4.79 Å². The van der Waals surface area contributed by atoms with Gasteiger partial charge in [0, 0.05) is 11.4 Å². The summed E-state index contributed by atoms with van der Waals surface area (Å²) in [5, 5.41) is 2.90. The first-order valence-electron chi connectivity index (χ1n) is 7.51. The van der Waals surface area contributed by atoms with E-state index in [4.69, 9.17) is 0 Å². The van der Waals surface area contributed by atoms with Crippen LogP contribution in [0.3, 0.4) is 0 Å². The van der Waals surface area contributed by atoms with Gasteiger partial charge >= 0.3 is 0 Å². The van der Waals surface area contributed by atoms with Gasteiger partial charge in [-0.25, -0.2) is 0 Å². The van der Waals surface area contributed by atoms with Crippen LogP contribution in [0.1, 0.15) is 29.2 Å². The van der Waals surface area contributed by atoms with Crippen LogP contribution in [0.15, 0.2) is 42.5 Å². The first kappa shape index (κ1) is 16.6. The lowest BCUT2D eigenvalue weighted by Crippen LogP contribution is -2.22. The van der Waals surface area contributed by atoms with Crippen LogP contribution in [0.5, 0.6) is 0 Å². The van der Waals surface area contributed by atoms with Crippen molar-refractivity contribution in [3.63, 3.8) is 0 Å². The van der Waals surface area contributed by atoms with Gasteiger partial charge in [-0.15, -0.1) is 11.8 Å². The Kier molecular flexibility index (Phi) is 5.67. The molecule has 0 bridgehead atoms. The second-order valence-corrected chi connectivity index (χ2v) is 7.07. The Morgan fingerprint density at radius 2 is 1.82 bits per heavy atom. The first-order chi connectivity index (χ1) is 10.5. The molecule has 0 aliphatic carbocycles. The van der Waals surface area contributed by atoms with Crippen molar-refractivity contribution in [1.29, 1.82) is 0 Å². The van der Waals surface area contributed by atoms with Crippen LogP contribution in [-0.2, 0) is 10.5 Å². The highest BCUT2D eigenvalue weighted by atomic mass is 32.2. The number of thioether (sulfide) groups is 1. The average Bonchev–Trinajstić information content (AvgIpc) is 2.47. The van der Waals surface area contributed by atoms with E-state index >= 15 is 0 Å². The highest BCUT2D eigenvalue weighted by Gasteiger charge is 2.14. The predicted octanol–water partition coefficient (Wildman–Crippen LogP) is 4.87. The molecule has 0 aliphatic rings. The zero-order valence-electron chi connectivity index (χ0n) is 13.6. The largest absolute Gasteiger partial charge is 0.325 e. The zero-order chi connectivity index (χ0) is 16.1. The molecule has 0 saturated heterocycles. The van der Waals surface area contributed by atoms with Gasteiger partial charge in [0.15, 0.2) is 0 Å². The minimum absolute atomic E-state index is 0.0564. The van der Waals surface area contributed by atoms with E-state index in [9.17, 15) is 4.79 Å². The number of rotatable bonds is 5. The third kappa shape index (κ3) is 4.63. The molecular formula is C19H23NOS. The zero-order valence-corrected chi connectivity index (χ0v) is 14.5. The van der Waals surface area contributed by atoms with Gasteiger partial charge in [-0.1, -0.05) is 35.9 Å². The van der Waals surface area contributed by atoms with Crippen molar-refractivity contribution in [2.75, 3.05) is 5.32 Å². The average molecular weight is 313 g/mol. The maximum absolute atomic E-state index is 12.3. The van der Waals surface area contributed by atoms with E-state index in [2.05, 4.69) is 37.4 Å². The molecule has 116 valence electrons. The van der Waals surface area contributed by atoms with E-state index in [1.165, 1.54) is 16.7 Å². The smallest absolute Gasteiger partial charge is 0.237 e. The molecule has 2 nitrogen and oxygen atoms in total. The van der Waals surface area contributed by atoms with Gasteiger partial charge in [0.1, 0.15) is 0 Å². The maximum atomic E-state index is 12.3. The van der Waals surface area contributed by atoms with E-state index in [0.29, 0.717) is 0 Å². The summed E-state index contributed by atoms with van der Waals surface area (Å²) >= 11 is 1.67. The van der Waals surface area contributed by atoms with Crippen molar-refractivity contribution >= 4 is 23.4 Å². The summed E-state index contributed by atoms with van der Waals surface area (Å²) in [6, 6.07) is 14.4. The number of carbonyl (C=O) groups excluding carboxylic acids is 1. The third-order valence-electron chi connectivity index (χ3n) is 3.65. The van der Waals surface area contributed by atoms with Crippen molar-refractivity contribution in [2.45, 2.75) is 38.7 Å². The fourth-order valence-corrected chi connectivity index (χ4v) is 3.16. The van der Waals surface area contributed by atoms with Gasteiger partial charge in [0.2, 0.25) is 5.91 Å². The first-order valence-corrected chi connectivity index (χ1v) is 8.56. The monoisotopic (exact) mass is 313 g/mol. The molecule has 1 unspecified atom stereocenters. The van der Waals surface area contributed by atoms with E-state index in [0.717, 1.165) is 17.0 Å². The molecule has 0 heterocycles. The van der Waals surface area contributed by atoms with Gasteiger partial charge in [-0.2, -0.15) is 0 Å². The Balaban J connectivity index is 1.92. The highest BCUT2D eigenvalue weighted by molar-refractivity contribution is 7.99. The second kappa shape index (κ2) is 7.50. The van der Waals surface area contributed by atoms with Crippen molar-refractivity contribution in [1.82, 2.24) is 0 Å². The number of anilines is 1. The summed E-state index contributed by atoms with van der Waals surface area (Å²) in [5.41, 5.74) is 5.86. The Morgan fingerprint density at radius 1 is 1.09 bits per heavy atom. The lowest BCUT2D eigenvalue weighted by atomic mass is 10.1.